The van der Waals surface area contributed by atoms with Crippen LogP contribution in [0.4, 0.5) is 13.2 Å². The molecule has 0 aliphatic rings. The Labute approximate surface area is 135 Å². The summed E-state index contributed by atoms with van der Waals surface area (Å²) < 4.78 is 62.3. The van der Waals surface area contributed by atoms with E-state index in [1.807, 2.05) is 0 Å². The molecule has 0 atom stereocenters. The van der Waals surface area contributed by atoms with Crippen LogP contribution in [0.25, 0.3) is 11.0 Å². The third-order valence-corrected chi connectivity index (χ3v) is 4.96. The number of sulfone groups is 1. The molecule has 0 fully saturated rings. The van der Waals surface area contributed by atoms with E-state index in [0.29, 0.717) is 0 Å². The Kier molecular flexibility index (Phi) is 4.00. The number of fused-ring (bicyclic) bond motifs is 1. The van der Waals surface area contributed by atoms with Gasteiger partial charge in [-0.1, -0.05) is 24.3 Å². The first-order valence-electron chi connectivity index (χ1n) is 6.88. The average Bonchev–Trinajstić information content (AvgIpc) is 2.53. The Balaban J connectivity index is 2.02. The Morgan fingerprint density at radius 1 is 0.958 bits per heavy atom. The molecule has 0 bridgehead atoms. The van der Waals surface area contributed by atoms with E-state index in [9.17, 15) is 21.6 Å². The summed E-state index contributed by atoms with van der Waals surface area (Å²) in [6, 6.07) is 11.6. The summed E-state index contributed by atoms with van der Waals surface area (Å²) in [5.74, 6) is 0. The zero-order valence-electron chi connectivity index (χ0n) is 12.2. The van der Waals surface area contributed by atoms with Crippen molar-refractivity contribution >= 4 is 20.9 Å². The van der Waals surface area contributed by atoms with Gasteiger partial charge in [-0.05, 0) is 29.8 Å². The van der Waals surface area contributed by atoms with Crippen LogP contribution in [0.5, 0.6) is 0 Å². The largest absolute Gasteiger partial charge is 0.393 e. The van der Waals surface area contributed by atoms with Crippen LogP contribution >= 0.6 is 0 Å². The van der Waals surface area contributed by atoms with Crippen molar-refractivity contribution in [2.45, 2.75) is 22.5 Å². The molecular weight excluding hydrogens is 341 g/mol. The Hall–Kier alpha value is -2.48. The third-order valence-electron chi connectivity index (χ3n) is 3.32. The molecule has 24 heavy (non-hydrogen) atoms. The maximum Gasteiger partial charge on any atom is 0.393 e. The van der Waals surface area contributed by atoms with Crippen molar-refractivity contribution in [3.05, 3.63) is 60.3 Å². The fraction of sp³-hybridized carbons (Fsp3) is 0.125. The molecule has 0 radical (unpaired) electrons. The Bertz CT molecular complexity index is 987. The van der Waals surface area contributed by atoms with E-state index in [0.717, 1.165) is 6.20 Å². The topological polar surface area (TPSA) is 59.9 Å². The summed E-state index contributed by atoms with van der Waals surface area (Å²) in [6.07, 6.45) is -4.34. The van der Waals surface area contributed by atoms with E-state index < -0.39 is 22.4 Å². The van der Waals surface area contributed by atoms with Crippen LogP contribution < -0.4 is 0 Å². The molecule has 0 aliphatic heterocycles. The molecule has 0 saturated carbocycles. The number of alkyl halides is 3. The first kappa shape index (κ1) is 16.4. The van der Waals surface area contributed by atoms with Gasteiger partial charge in [0.2, 0.25) is 9.84 Å². The van der Waals surface area contributed by atoms with Crippen molar-refractivity contribution in [3.8, 4) is 0 Å². The van der Waals surface area contributed by atoms with E-state index >= 15 is 0 Å². The summed E-state index contributed by atoms with van der Waals surface area (Å²) >= 11 is 0. The van der Waals surface area contributed by atoms with Gasteiger partial charge in [-0.3, -0.25) is 4.98 Å². The quantitative estimate of drug-likeness (QED) is 0.723. The minimum atomic E-state index is -4.32. The van der Waals surface area contributed by atoms with Crippen LogP contribution in [0, 0.1) is 0 Å². The van der Waals surface area contributed by atoms with Gasteiger partial charge in [0.15, 0.2) is 5.03 Å². The average molecular weight is 352 g/mol. The van der Waals surface area contributed by atoms with Crippen LogP contribution in [0.3, 0.4) is 0 Å². The van der Waals surface area contributed by atoms with Crippen molar-refractivity contribution in [2.24, 2.45) is 0 Å². The predicted octanol–water partition coefficient (Wildman–Crippen LogP) is 3.57. The van der Waals surface area contributed by atoms with E-state index in [2.05, 4.69) is 9.97 Å². The van der Waals surface area contributed by atoms with Gasteiger partial charge >= 0.3 is 6.18 Å². The van der Waals surface area contributed by atoms with Crippen LogP contribution in [0.1, 0.15) is 5.56 Å². The van der Waals surface area contributed by atoms with Crippen molar-refractivity contribution < 1.29 is 21.6 Å². The lowest BCUT2D eigenvalue weighted by Crippen LogP contribution is -2.11. The highest BCUT2D eigenvalue weighted by atomic mass is 32.2. The molecular formula is C16H11F3N2O2S. The molecule has 3 rings (SSSR count). The zero-order valence-corrected chi connectivity index (χ0v) is 13.0. The van der Waals surface area contributed by atoms with Gasteiger partial charge in [-0.25, -0.2) is 13.4 Å². The number of nitrogens with zero attached hydrogens (tertiary/aromatic N) is 2. The molecule has 0 saturated heterocycles. The summed E-state index contributed by atoms with van der Waals surface area (Å²) in [5.41, 5.74) is 0.477. The minimum Gasteiger partial charge on any atom is -0.252 e. The van der Waals surface area contributed by atoms with Gasteiger partial charge in [0.1, 0.15) is 0 Å². The van der Waals surface area contributed by atoms with Crippen LogP contribution in [-0.2, 0) is 16.3 Å². The lowest BCUT2D eigenvalue weighted by Gasteiger charge is -2.08. The number of hydrogen-bond donors (Lipinski definition) is 0. The lowest BCUT2D eigenvalue weighted by atomic mass is 10.1. The predicted molar refractivity (Wildman–Crippen MR) is 81.2 cm³/mol. The molecule has 8 heteroatoms. The maximum absolute atomic E-state index is 12.5. The van der Waals surface area contributed by atoms with Gasteiger partial charge in [0, 0.05) is 0 Å². The van der Waals surface area contributed by atoms with Gasteiger partial charge < -0.3 is 0 Å². The second-order valence-corrected chi connectivity index (χ2v) is 7.04. The first-order chi connectivity index (χ1) is 11.3. The Morgan fingerprint density at radius 3 is 2.33 bits per heavy atom. The number of halogens is 3. The van der Waals surface area contributed by atoms with Crippen LogP contribution in [-0.4, -0.2) is 24.6 Å². The summed E-state index contributed by atoms with van der Waals surface area (Å²) in [7, 11) is -3.82. The molecule has 0 amide bonds. The third kappa shape index (κ3) is 3.38. The Morgan fingerprint density at radius 2 is 1.67 bits per heavy atom. The molecule has 1 heterocycles. The molecule has 3 aromatic rings. The van der Waals surface area contributed by atoms with Gasteiger partial charge in [-0.15, -0.1) is 0 Å². The molecule has 0 N–H and O–H groups in total. The van der Waals surface area contributed by atoms with Crippen molar-refractivity contribution in [3.63, 3.8) is 0 Å². The van der Waals surface area contributed by atoms with Gasteiger partial charge in [-0.2, -0.15) is 13.2 Å². The zero-order chi connectivity index (χ0) is 17.4. The first-order valence-corrected chi connectivity index (χ1v) is 8.37. The van der Waals surface area contributed by atoms with Crippen molar-refractivity contribution in [1.82, 2.24) is 9.97 Å². The molecule has 2 aromatic carbocycles. The van der Waals surface area contributed by atoms with Crippen molar-refractivity contribution in [1.29, 1.82) is 0 Å². The summed E-state index contributed by atoms with van der Waals surface area (Å²) in [4.78, 5) is 8.06. The molecule has 124 valence electrons. The second kappa shape index (κ2) is 5.86. The number of aromatic nitrogens is 2. The minimum absolute atomic E-state index is 0.0444. The monoisotopic (exact) mass is 352 g/mol. The van der Waals surface area contributed by atoms with E-state index in [-0.39, 0.29) is 26.5 Å². The number of rotatable bonds is 3. The van der Waals surface area contributed by atoms with Crippen LogP contribution in [0.15, 0.2) is 64.6 Å². The molecule has 4 nitrogen and oxygen atoms in total. The maximum atomic E-state index is 12.5. The lowest BCUT2D eigenvalue weighted by molar-refractivity contribution is -0.127. The second-order valence-electron chi connectivity index (χ2n) is 5.14. The highest BCUT2D eigenvalue weighted by Gasteiger charge is 2.28. The SMILES string of the molecule is O=S(=O)(c1ccccc1)c1cnc2cc(CC(F)(F)F)ccc2n1. The van der Waals surface area contributed by atoms with E-state index in [1.54, 1.807) is 18.2 Å². The standard InChI is InChI=1S/C16H11F3N2O2S/c17-16(18,19)9-11-6-7-13-14(8-11)20-10-15(21-13)24(22,23)12-4-2-1-3-5-12/h1-8,10H,9H2. The normalized spacial score (nSPS) is 12.5. The molecule has 0 spiro atoms. The van der Waals surface area contributed by atoms with E-state index in [4.69, 9.17) is 0 Å². The fourth-order valence-corrected chi connectivity index (χ4v) is 3.40. The van der Waals surface area contributed by atoms with Crippen molar-refractivity contribution in [2.75, 3.05) is 0 Å². The highest BCUT2D eigenvalue weighted by molar-refractivity contribution is 7.91. The number of benzene rings is 2. The fourth-order valence-electron chi connectivity index (χ4n) is 2.23. The van der Waals surface area contributed by atoms with Gasteiger partial charge in [0.25, 0.3) is 0 Å². The number of hydrogen-bond acceptors (Lipinski definition) is 4. The van der Waals surface area contributed by atoms with Crippen LogP contribution in [0.2, 0.25) is 0 Å². The summed E-state index contributed by atoms with van der Waals surface area (Å²) in [6.45, 7) is 0. The molecule has 1 aromatic heterocycles. The molecule has 0 aliphatic carbocycles. The summed E-state index contributed by atoms with van der Waals surface area (Å²) in [5, 5.41) is -0.246. The molecule has 0 unspecified atom stereocenters. The smallest absolute Gasteiger partial charge is 0.252 e. The van der Waals surface area contributed by atoms with E-state index in [1.165, 1.54) is 30.3 Å². The highest BCUT2D eigenvalue weighted by Crippen LogP contribution is 2.24. The van der Waals surface area contributed by atoms with Gasteiger partial charge in [0.05, 0.1) is 28.5 Å².